The summed E-state index contributed by atoms with van der Waals surface area (Å²) in [5, 5.41) is 11.9. The molecule has 2 rings (SSSR count). The average Bonchev–Trinajstić information content (AvgIpc) is 2.86. The fraction of sp³-hybridized carbons (Fsp3) is 0.357. The minimum atomic E-state index is -0.167. The van der Waals surface area contributed by atoms with Gasteiger partial charge in [0.1, 0.15) is 0 Å². The summed E-state index contributed by atoms with van der Waals surface area (Å²) in [4.78, 5) is 12.3. The Morgan fingerprint density at radius 2 is 2.05 bits per heavy atom. The minimum absolute atomic E-state index is 0.121. The van der Waals surface area contributed by atoms with Gasteiger partial charge in [-0.15, -0.1) is 10.2 Å². The van der Waals surface area contributed by atoms with Crippen LogP contribution in [0.2, 0.25) is 0 Å². The van der Waals surface area contributed by atoms with Crippen molar-refractivity contribution in [1.82, 2.24) is 10.2 Å². The molecule has 0 aliphatic rings. The Labute approximate surface area is 127 Å². The first kappa shape index (κ1) is 15.0. The van der Waals surface area contributed by atoms with E-state index in [-0.39, 0.29) is 11.0 Å². The van der Waals surface area contributed by atoms with E-state index in [0.717, 1.165) is 27.1 Å². The molecule has 0 amide bonds. The lowest BCUT2D eigenvalue weighted by molar-refractivity contribution is 0.0994. The van der Waals surface area contributed by atoms with Gasteiger partial charge in [0.15, 0.2) is 10.1 Å². The zero-order valence-electron chi connectivity index (χ0n) is 11.7. The maximum Gasteiger partial charge on any atom is 0.206 e. The zero-order chi connectivity index (χ0) is 14.5. The maximum atomic E-state index is 12.3. The van der Waals surface area contributed by atoms with Crippen LogP contribution in [-0.2, 0) is 0 Å². The first-order valence-electron chi connectivity index (χ1n) is 6.45. The van der Waals surface area contributed by atoms with Crippen LogP contribution in [0.4, 0.5) is 5.13 Å². The molecule has 4 nitrogen and oxygen atoms in total. The molecule has 1 atom stereocenters. The molecular weight excluding hydrogens is 290 g/mol. The Hall–Kier alpha value is -1.40. The zero-order valence-corrected chi connectivity index (χ0v) is 13.3. The molecule has 0 spiro atoms. The Balaban J connectivity index is 2.01. The molecule has 0 fully saturated rings. The number of ketones is 1. The highest BCUT2D eigenvalue weighted by atomic mass is 32.2. The lowest BCUT2D eigenvalue weighted by atomic mass is 10.1. The van der Waals surface area contributed by atoms with Crippen molar-refractivity contribution in [3.63, 3.8) is 0 Å². The van der Waals surface area contributed by atoms with Gasteiger partial charge in [-0.2, -0.15) is 0 Å². The van der Waals surface area contributed by atoms with Crippen molar-refractivity contribution >= 4 is 34.0 Å². The second-order valence-corrected chi connectivity index (χ2v) is 6.96. The fourth-order valence-corrected chi connectivity index (χ4v) is 3.68. The van der Waals surface area contributed by atoms with E-state index in [0.29, 0.717) is 0 Å². The molecular formula is C14H17N3OS2. The molecule has 0 aliphatic heterocycles. The van der Waals surface area contributed by atoms with Crippen LogP contribution < -0.4 is 5.32 Å². The van der Waals surface area contributed by atoms with E-state index in [1.807, 2.05) is 45.0 Å². The Bertz CT molecular complexity index is 580. The molecule has 2 aromatic rings. The summed E-state index contributed by atoms with van der Waals surface area (Å²) < 4.78 is 0.814. The summed E-state index contributed by atoms with van der Waals surface area (Å²) in [5.41, 5.74) is 1.90. The van der Waals surface area contributed by atoms with Crippen LogP contribution in [0.5, 0.6) is 0 Å². The number of thioether (sulfide) groups is 1. The maximum absolute atomic E-state index is 12.3. The van der Waals surface area contributed by atoms with E-state index in [9.17, 15) is 4.79 Å². The van der Waals surface area contributed by atoms with E-state index in [1.54, 1.807) is 0 Å². The van der Waals surface area contributed by atoms with Gasteiger partial charge in [0.25, 0.3) is 0 Å². The van der Waals surface area contributed by atoms with Crippen LogP contribution in [0.3, 0.4) is 0 Å². The highest BCUT2D eigenvalue weighted by Crippen LogP contribution is 2.30. The number of Topliss-reactive ketones (excluding diaryl/α,β-unsaturated/α-hetero) is 1. The Kier molecular flexibility index (Phi) is 5.14. The smallest absolute Gasteiger partial charge is 0.206 e. The highest BCUT2D eigenvalue weighted by Gasteiger charge is 2.18. The third-order valence-corrected chi connectivity index (χ3v) is 4.78. The monoisotopic (exact) mass is 307 g/mol. The SMILES string of the molecule is CCNc1nnc(S[C@@H](C)C(=O)c2ccc(C)cc2)s1. The number of aromatic nitrogens is 2. The number of hydrogen-bond acceptors (Lipinski definition) is 6. The minimum Gasteiger partial charge on any atom is -0.360 e. The quantitative estimate of drug-likeness (QED) is 0.652. The van der Waals surface area contributed by atoms with E-state index >= 15 is 0 Å². The molecule has 1 N–H and O–H groups in total. The number of nitrogens with zero attached hydrogens (tertiary/aromatic N) is 2. The number of carbonyl (C=O) groups excluding carboxylic acids is 1. The predicted molar refractivity (Wildman–Crippen MR) is 84.9 cm³/mol. The lowest BCUT2D eigenvalue weighted by Crippen LogP contribution is -2.13. The van der Waals surface area contributed by atoms with E-state index in [2.05, 4.69) is 15.5 Å². The van der Waals surface area contributed by atoms with Crippen molar-refractivity contribution in [3.8, 4) is 0 Å². The van der Waals surface area contributed by atoms with Crippen molar-refractivity contribution < 1.29 is 4.79 Å². The molecule has 0 radical (unpaired) electrons. The molecule has 0 saturated heterocycles. The molecule has 106 valence electrons. The second-order valence-electron chi connectivity index (χ2n) is 4.39. The van der Waals surface area contributed by atoms with E-state index < -0.39 is 0 Å². The standard InChI is InChI=1S/C14H17N3OS2/c1-4-15-13-16-17-14(20-13)19-10(3)12(18)11-7-5-9(2)6-8-11/h5-8,10H,4H2,1-3H3,(H,15,16)/t10-/m0/s1. The van der Waals surface area contributed by atoms with Gasteiger partial charge in [0, 0.05) is 12.1 Å². The number of hydrogen-bond donors (Lipinski definition) is 1. The van der Waals surface area contributed by atoms with Crippen LogP contribution >= 0.6 is 23.1 Å². The van der Waals surface area contributed by atoms with Crippen LogP contribution in [0, 0.1) is 6.92 Å². The highest BCUT2D eigenvalue weighted by molar-refractivity contribution is 8.02. The van der Waals surface area contributed by atoms with Gasteiger partial charge in [-0.25, -0.2) is 0 Å². The Morgan fingerprint density at radius 1 is 1.35 bits per heavy atom. The topological polar surface area (TPSA) is 54.9 Å². The molecule has 0 bridgehead atoms. The van der Waals surface area contributed by atoms with Gasteiger partial charge in [-0.1, -0.05) is 52.9 Å². The van der Waals surface area contributed by atoms with E-state index in [4.69, 9.17) is 0 Å². The average molecular weight is 307 g/mol. The summed E-state index contributed by atoms with van der Waals surface area (Å²) >= 11 is 2.93. The molecule has 0 unspecified atom stereocenters. The predicted octanol–water partition coefficient (Wildman–Crippen LogP) is 3.64. The third-order valence-electron chi connectivity index (χ3n) is 2.72. The van der Waals surface area contributed by atoms with Gasteiger partial charge in [0.2, 0.25) is 5.13 Å². The van der Waals surface area contributed by atoms with Gasteiger partial charge in [-0.3, -0.25) is 4.79 Å². The molecule has 20 heavy (non-hydrogen) atoms. The summed E-state index contributed by atoms with van der Waals surface area (Å²) in [6, 6.07) is 7.66. The van der Waals surface area contributed by atoms with Gasteiger partial charge in [0.05, 0.1) is 5.25 Å². The molecule has 1 aromatic carbocycles. The summed E-state index contributed by atoms with van der Waals surface area (Å²) in [7, 11) is 0. The number of anilines is 1. The first-order valence-corrected chi connectivity index (χ1v) is 8.14. The summed E-state index contributed by atoms with van der Waals surface area (Å²) in [5.74, 6) is 0.121. The van der Waals surface area contributed by atoms with Crippen LogP contribution in [0.1, 0.15) is 29.8 Å². The molecule has 1 aromatic heterocycles. The first-order chi connectivity index (χ1) is 9.60. The molecule has 0 saturated carbocycles. The number of benzene rings is 1. The van der Waals surface area contributed by atoms with Gasteiger partial charge < -0.3 is 5.32 Å². The molecule has 0 aliphatic carbocycles. The van der Waals surface area contributed by atoms with Crippen molar-refractivity contribution in [2.24, 2.45) is 0 Å². The third kappa shape index (κ3) is 3.80. The summed E-state index contributed by atoms with van der Waals surface area (Å²) in [6.45, 7) is 6.74. The summed E-state index contributed by atoms with van der Waals surface area (Å²) in [6.07, 6.45) is 0. The van der Waals surface area contributed by atoms with Crippen molar-refractivity contribution in [3.05, 3.63) is 35.4 Å². The van der Waals surface area contributed by atoms with Crippen molar-refractivity contribution in [2.75, 3.05) is 11.9 Å². The van der Waals surface area contributed by atoms with Crippen molar-refractivity contribution in [2.45, 2.75) is 30.4 Å². The number of nitrogens with one attached hydrogen (secondary N) is 1. The second kappa shape index (κ2) is 6.85. The molecule has 6 heteroatoms. The van der Waals surface area contributed by atoms with Crippen LogP contribution in [-0.4, -0.2) is 27.8 Å². The van der Waals surface area contributed by atoms with Crippen molar-refractivity contribution in [1.29, 1.82) is 0 Å². The number of rotatable bonds is 6. The number of aryl methyl sites for hydroxylation is 1. The van der Waals surface area contributed by atoms with Crippen LogP contribution in [0.15, 0.2) is 28.6 Å². The number of carbonyl (C=O) groups is 1. The van der Waals surface area contributed by atoms with Gasteiger partial charge in [-0.05, 0) is 20.8 Å². The molecule has 1 heterocycles. The Morgan fingerprint density at radius 3 is 2.70 bits per heavy atom. The fourth-order valence-electron chi connectivity index (χ4n) is 1.64. The normalized spacial score (nSPS) is 12.2. The van der Waals surface area contributed by atoms with Gasteiger partial charge >= 0.3 is 0 Å². The van der Waals surface area contributed by atoms with E-state index in [1.165, 1.54) is 23.1 Å². The largest absolute Gasteiger partial charge is 0.360 e. The van der Waals surface area contributed by atoms with Crippen LogP contribution in [0.25, 0.3) is 0 Å². The lowest BCUT2D eigenvalue weighted by Gasteiger charge is -2.08.